The molecule has 2 aromatic carbocycles. The topological polar surface area (TPSA) is 89.5 Å². The minimum atomic E-state index is -0.770. The van der Waals surface area contributed by atoms with Gasteiger partial charge in [-0.25, -0.2) is 9.59 Å². The Kier molecular flexibility index (Phi) is 9.48. The molecule has 0 heterocycles. The first-order chi connectivity index (χ1) is 14.9. The molecule has 0 saturated carbocycles. The van der Waals surface area contributed by atoms with Crippen molar-refractivity contribution in [3.63, 3.8) is 0 Å². The molecule has 0 spiro atoms. The van der Waals surface area contributed by atoms with E-state index in [1.54, 1.807) is 76.6 Å². The van der Waals surface area contributed by atoms with Crippen molar-refractivity contribution < 1.29 is 38.0 Å². The summed E-state index contributed by atoms with van der Waals surface area (Å²) in [5.74, 6) is 1.45. The predicted molar refractivity (Wildman–Crippen MR) is 113 cm³/mol. The molecule has 0 amide bonds. The third kappa shape index (κ3) is 8.08. The van der Waals surface area contributed by atoms with Crippen LogP contribution in [0.1, 0.15) is 20.3 Å². The summed E-state index contributed by atoms with van der Waals surface area (Å²) in [6, 6.07) is 13.8. The van der Waals surface area contributed by atoms with E-state index in [1.807, 2.05) is 0 Å². The highest BCUT2D eigenvalue weighted by atomic mass is 16.6. The van der Waals surface area contributed by atoms with E-state index in [2.05, 4.69) is 0 Å². The fraction of sp³-hybridized carbons (Fsp3) is 0.391. The molecule has 0 bridgehead atoms. The number of hydrogen-bond acceptors (Lipinski definition) is 8. The van der Waals surface area contributed by atoms with E-state index in [9.17, 15) is 9.59 Å². The third-order valence-electron chi connectivity index (χ3n) is 4.19. The maximum absolute atomic E-state index is 12.0. The van der Waals surface area contributed by atoms with Crippen LogP contribution >= 0.6 is 0 Å². The van der Waals surface area contributed by atoms with Crippen LogP contribution in [0.4, 0.5) is 0 Å². The summed E-state index contributed by atoms with van der Waals surface area (Å²) < 4.78 is 31.5. The van der Waals surface area contributed by atoms with Crippen LogP contribution in [0.3, 0.4) is 0 Å². The Labute approximate surface area is 182 Å². The van der Waals surface area contributed by atoms with Crippen LogP contribution in [0.2, 0.25) is 0 Å². The SMILES string of the molecule is COc1ccc(OC(C)C(=O)OCCCOC(=O)C(C)Oc2ccc(OC)cc2)cc1. The lowest BCUT2D eigenvalue weighted by Gasteiger charge is -2.15. The molecular weight excluding hydrogens is 404 g/mol. The van der Waals surface area contributed by atoms with Gasteiger partial charge in [0.1, 0.15) is 23.0 Å². The van der Waals surface area contributed by atoms with E-state index in [0.717, 1.165) is 0 Å². The molecule has 0 radical (unpaired) electrons. The van der Waals surface area contributed by atoms with Crippen molar-refractivity contribution in [2.45, 2.75) is 32.5 Å². The van der Waals surface area contributed by atoms with Crippen LogP contribution in [0.25, 0.3) is 0 Å². The van der Waals surface area contributed by atoms with Crippen LogP contribution < -0.4 is 18.9 Å². The lowest BCUT2D eigenvalue weighted by molar-refractivity contribution is -0.153. The van der Waals surface area contributed by atoms with Gasteiger partial charge in [-0.1, -0.05) is 0 Å². The minimum Gasteiger partial charge on any atom is -0.497 e. The maximum atomic E-state index is 12.0. The van der Waals surface area contributed by atoms with Gasteiger partial charge in [0, 0.05) is 6.42 Å². The van der Waals surface area contributed by atoms with Gasteiger partial charge in [0.15, 0.2) is 12.2 Å². The molecule has 2 unspecified atom stereocenters. The van der Waals surface area contributed by atoms with Gasteiger partial charge in [-0.15, -0.1) is 0 Å². The highest BCUT2D eigenvalue weighted by molar-refractivity contribution is 5.75. The van der Waals surface area contributed by atoms with Crippen LogP contribution in [0.5, 0.6) is 23.0 Å². The molecule has 2 rings (SSSR count). The number of esters is 2. The van der Waals surface area contributed by atoms with Gasteiger partial charge < -0.3 is 28.4 Å². The number of carbonyl (C=O) groups excluding carboxylic acids is 2. The van der Waals surface area contributed by atoms with Crippen molar-refractivity contribution in [3.05, 3.63) is 48.5 Å². The molecule has 31 heavy (non-hydrogen) atoms. The first-order valence-corrected chi connectivity index (χ1v) is 9.87. The van der Waals surface area contributed by atoms with Gasteiger partial charge in [-0.05, 0) is 62.4 Å². The molecule has 8 heteroatoms. The average Bonchev–Trinajstić information content (AvgIpc) is 2.79. The third-order valence-corrected chi connectivity index (χ3v) is 4.19. The summed E-state index contributed by atoms with van der Waals surface area (Å²) in [6.45, 7) is 3.42. The zero-order valence-electron chi connectivity index (χ0n) is 18.2. The summed E-state index contributed by atoms with van der Waals surface area (Å²) in [7, 11) is 3.14. The van der Waals surface area contributed by atoms with Gasteiger partial charge in [-0.2, -0.15) is 0 Å². The largest absolute Gasteiger partial charge is 0.497 e. The minimum absolute atomic E-state index is 0.107. The van der Waals surface area contributed by atoms with Crippen LogP contribution in [-0.4, -0.2) is 51.6 Å². The van der Waals surface area contributed by atoms with Crippen LogP contribution in [-0.2, 0) is 19.1 Å². The number of benzene rings is 2. The van der Waals surface area contributed by atoms with Gasteiger partial charge in [0.05, 0.1) is 27.4 Å². The number of carbonyl (C=O) groups is 2. The number of hydrogen-bond donors (Lipinski definition) is 0. The van der Waals surface area contributed by atoms with Crippen molar-refractivity contribution in [1.29, 1.82) is 0 Å². The molecule has 0 fully saturated rings. The second-order valence-corrected chi connectivity index (χ2v) is 6.56. The molecule has 168 valence electrons. The molecule has 2 aromatic rings. The fourth-order valence-corrected chi connectivity index (χ4v) is 2.45. The lowest BCUT2D eigenvalue weighted by atomic mass is 10.3. The molecule has 0 aliphatic rings. The van der Waals surface area contributed by atoms with Gasteiger partial charge in [-0.3, -0.25) is 0 Å². The Balaban J connectivity index is 1.62. The van der Waals surface area contributed by atoms with E-state index >= 15 is 0 Å². The molecule has 2 atom stereocenters. The Morgan fingerprint density at radius 2 is 0.968 bits per heavy atom. The first-order valence-electron chi connectivity index (χ1n) is 9.87. The molecule has 8 nitrogen and oxygen atoms in total. The van der Waals surface area contributed by atoms with Crippen molar-refractivity contribution in [3.8, 4) is 23.0 Å². The molecular formula is C23H28O8. The lowest BCUT2D eigenvalue weighted by Crippen LogP contribution is -2.28. The molecule has 0 aromatic heterocycles. The predicted octanol–water partition coefficient (Wildman–Crippen LogP) is 3.42. The molecule has 0 aliphatic carbocycles. The monoisotopic (exact) mass is 432 g/mol. The first kappa shape index (κ1) is 23.9. The summed E-state index contributed by atoms with van der Waals surface area (Å²) in [5.41, 5.74) is 0. The smallest absolute Gasteiger partial charge is 0.347 e. The Bertz CT molecular complexity index is 747. The van der Waals surface area contributed by atoms with Gasteiger partial charge >= 0.3 is 11.9 Å². The summed E-state index contributed by atoms with van der Waals surface area (Å²) in [4.78, 5) is 24.0. The Hall–Kier alpha value is -3.42. The molecule has 0 N–H and O–H groups in total. The van der Waals surface area contributed by atoms with E-state index in [-0.39, 0.29) is 13.2 Å². The second kappa shape index (κ2) is 12.3. The van der Waals surface area contributed by atoms with E-state index in [1.165, 1.54) is 0 Å². The number of ether oxygens (including phenoxy) is 6. The van der Waals surface area contributed by atoms with E-state index < -0.39 is 24.1 Å². The van der Waals surface area contributed by atoms with E-state index in [0.29, 0.717) is 29.4 Å². The maximum Gasteiger partial charge on any atom is 0.347 e. The molecule has 0 saturated heterocycles. The van der Waals surface area contributed by atoms with Crippen molar-refractivity contribution >= 4 is 11.9 Å². The summed E-state index contributed by atoms with van der Waals surface area (Å²) >= 11 is 0. The van der Waals surface area contributed by atoms with Gasteiger partial charge in [0.25, 0.3) is 0 Å². The zero-order chi connectivity index (χ0) is 22.6. The number of rotatable bonds is 12. The van der Waals surface area contributed by atoms with Crippen molar-refractivity contribution in [1.82, 2.24) is 0 Å². The normalized spacial score (nSPS) is 12.3. The highest BCUT2D eigenvalue weighted by Crippen LogP contribution is 2.19. The quantitative estimate of drug-likeness (QED) is 0.372. The Morgan fingerprint density at radius 1 is 0.645 bits per heavy atom. The average molecular weight is 432 g/mol. The summed E-state index contributed by atoms with van der Waals surface area (Å²) in [6.07, 6.45) is -1.18. The van der Waals surface area contributed by atoms with E-state index in [4.69, 9.17) is 28.4 Å². The highest BCUT2D eigenvalue weighted by Gasteiger charge is 2.18. The Morgan fingerprint density at radius 3 is 1.29 bits per heavy atom. The molecule has 0 aliphatic heterocycles. The fourth-order valence-electron chi connectivity index (χ4n) is 2.45. The van der Waals surface area contributed by atoms with Crippen LogP contribution in [0, 0.1) is 0 Å². The zero-order valence-corrected chi connectivity index (χ0v) is 18.2. The van der Waals surface area contributed by atoms with Crippen molar-refractivity contribution in [2.75, 3.05) is 27.4 Å². The summed E-state index contributed by atoms with van der Waals surface area (Å²) in [5, 5.41) is 0. The number of methoxy groups -OCH3 is 2. The standard InChI is InChI=1S/C23H28O8/c1-16(30-20-10-6-18(26-3)7-11-20)22(24)28-14-5-15-29-23(25)17(2)31-21-12-8-19(27-4)9-13-21/h6-13,16-17H,5,14-15H2,1-4H3. The second-order valence-electron chi connectivity index (χ2n) is 6.56. The van der Waals surface area contributed by atoms with Crippen LogP contribution in [0.15, 0.2) is 48.5 Å². The van der Waals surface area contributed by atoms with Crippen molar-refractivity contribution in [2.24, 2.45) is 0 Å². The van der Waals surface area contributed by atoms with Gasteiger partial charge in [0.2, 0.25) is 0 Å².